The van der Waals surface area contributed by atoms with Gasteiger partial charge >= 0.3 is 0 Å². The third-order valence-electron chi connectivity index (χ3n) is 0. The van der Waals surface area contributed by atoms with Crippen LogP contribution in [0.4, 0.5) is 0 Å². The van der Waals surface area contributed by atoms with Gasteiger partial charge in [0.05, 0.1) is 0 Å². The molecule has 0 fully saturated rings. The van der Waals surface area contributed by atoms with E-state index in [0.29, 0.717) is 10.1 Å². The van der Waals surface area contributed by atoms with Crippen molar-refractivity contribution in [1.29, 1.82) is 0 Å². The van der Waals surface area contributed by atoms with E-state index in [0.717, 1.165) is 0 Å². The summed E-state index contributed by atoms with van der Waals surface area (Å²) in [6.07, 6.45) is 0. The van der Waals surface area contributed by atoms with Gasteiger partial charge < -0.3 is 4.46 Å². The van der Waals surface area contributed by atoms with Gasteiger partial charge in [-0.15, -0.1) is 0 Å². The van der Waals surface area contributed by atoms with Crippen LogP contribution in [0.3, 0.4) is 0 Å². The van der Waals surface area contributed by atoms with E-state index < -0.39 is 0 Å². The molecule has 4 heteroatoms. The fourth-order valence-corrected chi connectivity index (χ4v) is 0. The summed E-state index contributed by atoms with van der Waals surface area (Å²) in [7, 11) is 0.611. The standard InChI is InChI=1S/Ni.H2OSi.Pt/c;1-2;/h;2H2;. The molecule has 32 valence electrons. The van der Waals surface area contributed by atoms with Gasteiger partial charge in [0, 0.05) is 37.6 Å². The normalized spacial score (nSPS) is 1.00. The second-order valence-corrected chi connectivity index (χ2v) is 0. The van der Waals surface area contributed by atoms with Crippen molar-refractivity contribution >= 4 is 10.1 Å². The Kier molecular flexibility index (Phi) is 142. The van der Waals surface area contributed by atoms with Gasteiger partial charge in [0.1, 0.15) is 0 Å². The molecule has 0 amide bonds. The summed E-state index contributed by atoms with van der Waals surface area (Å²) in [5.74, 6) is 0. The first kappa shape index (κ1) is 19.0. The van der Waals surface area contributed by atoms with Crippen LogP contribution < -0.4 is 0 Å². The maximum absolute atomic E-state index is 8.28. The molecule has 0 unspecified atom stereocenters. The molecule has 4 heavy (non-hydrogen) atoms. The van der Waals surface area contributed by atoms with E-state index in [4.69, 9.17) is 4.46 Å². The van der Waals surface area contributed by atoms with Crippen molar-refractivity contribution in [3.05, 3.63) is 0 Å². The molecule has 0 radical (unpaired) electrons. The number of rotatable bonds is 0. The summed E-state index contributed by atoms with van der Waals surface area (Å²) in [5, 5.41) is 0. The van der Waals surface area contributed by atoms with Crippen molar-refractivity contribution in [2.45, 2.75) is 0 Å². The molecule has 0 aromatic rings. The SMILES string of the molecule is O=[SiH2].[Ni].[Pt]. The summed E-state index contributed by atoms with van der Waals surface area (Å²) in [5.41, 5.74) is 0. The molecule has 0 N–H and O–H groups in total. The van der Waals surface area contributed by atoms with Crippen molar-refractivity contribution in [2.24, 2.45) is 0 Å². The first-order chi connectivity index (χ1) is 1.00. The minimum Gasteiger partial charge on any atom is -0.396 e. The van der Waals surface area contributed by atoms with Gasteiger partial charge in [-0.3, -0.25) is 0 Å². The zero-order valence-electron chi connectivity index (χ0n) is 1.75. The first-order valence-electron chi connectivity index (χ1n) is 0.289. The summed E-state index contributed by atoms with van der Waals surface area (Å²) in [4.78, 5) is 0. The minimum atomic E-state index is 0. The van der Waals surface area contributed by atoms with E-state index in [9.17, 15) is 0 Å². The Morgan fingerprint density at radius 2 is 1.25 bits per heavy atom. The number of hydrogen-bond acceptors (Lipinski definition) is 1. The van der Waals surface area contributed by atoms with Crippen molar-refractivity contribution < 1.29 is 42.0 Å². The molecule has 0 saturated heterocycles. The largest absolute Gasteiger partial charge is 0.396 e. The van der Waals surface area contributed by atoms with Crippen LogP contribution in [-0.4, -0.2) is 10.1 Å². The molecule has 0 aromatic heterocycles. The predicted octanol–water partition coefficient (Wildman–Crippen LogP) is -1.04. The zero-order chi connectivity index (χ0) is 2.00. The van der Waals surface area contributed by atoms with Crippen LogP contribution in [-0.2, 0) is 42.0 Å². The van der Waals surface area contributed by atoms with Crippen LogP contribution in [0.25, 0.3) is 0 Å². The third-order valence-corrected chi connectivity index (χ3v) is 0. The average molecular weight is 300 g/mol. The van der Waals surface area contributed by atoms with E-state index in [1.165, 1.54) is 0 Å². The Bertz CT molecular complexity index is 8.00. The van der Waals surface area contributed by atoms with E-state index in [2.05, 4.69) is 0 Å². The second kappa shape index (κ2) is 29.9. The fraction of sp³-hybridized carbons (Fsp3) is 0. The molecular formula is H2NiOPtSi. The topological polar surface area (TPSA) is 17.1 Å². The van der Waals surface area contributed by atoms with Gasteiger partial charge in [0.25, 0.3) is 0 Å². The maximum atomic E-state index is 8.28. The average Bonchev–Trinajstić information content (AvgIpc) is 1.00. The Hall–Kier alpha value is 1.20. The van der Waals surface area contributed by atoms with Crippen LogP contribution in [0.1, 0.15) is 0 Å². The molecule has 0 aliphatic heterocycles. The molecule has 0 bridgehead atoms. The minimum absolute atomic E-state index is 0. The smallest absolute Gasteiger partial charge is 0.245 e. The predicted molar refractivity (Wildman–Crippen MR) is 9.23 cm³/mol. The second-order valence-electron chi connectivity index (χ2n) is 0. The fourth-order valence-electron chi connectivity index (χ4n) is 0. The summed E-state index contributed by atoms with van der Waals surface area (Å²) >= 11 is 0. The zero-order valence-corrected chi connectivity index (χ0v) is 6.42. The van der Waals surface area contributed by atoms with Gasteiger partial charge in [-0.1, -0.05) is 0 Å². The van der Waals surface area contributed by atoms with Gasteiger partial charge in [-0.05, 0) is 0 Å². The van der Waals surface area contributed by atoms with Gasteiger partial charge in [-0.25, -0.2) is 0 Å². The van der Waals surface area contributed by atoms with E-state index in [1.54, 1.807) is 0 Å². The maximum Gasteiger partial charge on any atom is 0.245 e. The van der Waals surface area contributed by atoms with Crippen molar-refractivity contribution in [3.63, 3.8) is 0 Å². The monoisotopic (exact) mass is 299 g/mol. The Labute approximate surface area is 52.2 Å². The van der Waals surface area contributed by atoms with E-state index in [1.807, 2.05) is 0 Å². The Morgan fingerprint density at radius 1 is 1.25 bits per heavy atom. The van der Waals surface area contributed by atoms with Crippen LogP contribution in [0.2, 0.25) is 0 Å². The van der Waals surface area contributed by atoms with Crippen molar-refractivity contribution in [2.75, 3.05) is 0 Å². The first-order valence-corrected chi connectivity index (χ1v) is 0.866. The quantitative estimate of drug-likeness (QED) is 0.522. The molecule has 0 aliphatic carbocycles. The Balaban J connectivity index is -0.00000000500. The van der Waals surface area contributed by atoms with E-state index in [-0.39, 0.29) is 37.6 Å². The van der Waals surface area contributed by atoms with Crippen LogP contribution >= 0.6 is 0 Å². The molecule has 0 saturated carbocycles. The van der Waals surface area contributed by atoms with Crippen LogP contribution in [0, 0.1) is 0 Å². The molecule has 0 aromatic carbocycles. The van der Waals surface area contributed by atoms with Crippen LogP contribution in [0.15, 0.2) is 0 Å². The summed E-state index contributed by atoms with van der Waals surface area (Å²) in [6, 6.07) is 0. The van der Waals surface area contributed by atoms with E-state index >= 15 is 0 Å². The van der Waals surface area contributed by atoms with Gasteiger partial charge in [0.15, 0.2) is 0 Å². The van der Waals surface area contributed by atoms with Crippen molar-refractivity contribution in [1.82, 2.24) is 0 Å². The van der Waals surface area contributed by atoms with Gasteiger partial charge in [-0.2, -0.15) is 0 Å². The molecule has 0 rings (SSSR count). The number of hydrogen-bond donors (Lipinski definition) is 0. The third kappa shape index (κ3) is 10.8. The van der Waals surface area contributed by atoms with Crippen LogP contribution in [0.5, 0.6) is 0 Å². The summed E-state index contributed by atoms with van der Waals surface area (Å²) in [6.45, 7) is 0. The molecular weight excluding hydrogens is 298 g/mol. The Morgan fingerprint density at radius 3 is 1.25 bits per heavy atom. The molecule has 0 atom stereocenters. The molecule has 1 nitrogen and oxygen atoms in total. The molecule has 0 heterocycles. The molecule has 0 spiro atoms. The molecule has 0 aliphatic rings. The van der Waals surface area contributed by atoms with Crippen molar-refractivity contribution in [3.8, 4) is 0 Å². The summed E-state index contributed by atoms with van der Waals surface area (Å²) < 4.78 is 8.28. The van der Waals surface area contributed by atoms with Gasteiger partial charge in [0.2, 0.25) is 10.1 Å².